The van der Waals surface area contributed by atoms with E-state index < -0.39 is 0 Å². The molecule has 1 aromatic carbocycles. The zero-order valence-corrected chi connectivity index (χ0v) is 16.2. The summed E-state index contributed by atoms with van der Waals surface area (Å²) in [6.07, 6.45) is 5.48. The minimum absolute atomic E-state index is 0.0385. The average molecular weight is 357 g/mol. The van der Waals surface area contributed by atoms with Crippen molar-refractivity contribution in [1.29, 1.82) is 0 Å². The molecule has 26 heavy (non-hydrogen) atoms. The Labute approximate surface area is 156 Å². The maximum Gasteiger partial charge on any atom is 0.253 e. The van der Waals surface area contributed by atoms with Gasteiger partial charge in [-0.3, -0.25) is 9.59 Å². The van der Waals surface area contributed by atoms with Crippen molar-refractivity contribution in [3.8, 4) is 0 Å². The lowest BCUT2D eigenvalue weighted by Gasteiger charge is -2.35. The standard InChI is InChI=1S/C21H31N3O2/c1-4-12-24(5-2)21(26)16-8-6-15(7-9-16)20(25)23(3)19-13-17-10-11-18(14-19)22-17/h6-9,17-19,22H,4-5,10-14H2,1-3H3. The predicted octanol–water partition coefficient (Wildman–Crippen LogP) is 2.91. The molecular formula is C21H31N3O2. The first-order chi connectivity index (χ1) is 12.5. The van der Waals surface area contributed by atoms with Gasteiger partial charge in [0.25, 0.3) is 11.8 Å². The molecule has 2 unspecified atom stereocenters. The number of carbonyl (C=O) groups is 2. The number of piperidine rings is 1. The summed E-state index contributed by atoms with van der Waals surface area (Å²) in [4.78, 5) is 29.1. The van der Waals surface area contributed by atoms with Crippen LogP contribution in [0.4, 0.5) is 0 Å². The van der Waals surface area contributed by atoms with E-state index in [1.54, 1.807) is 24.3 Å². The van der Waals surface area contributed by atoms with Gasteiger partial charge in [-0.2, -0.15) is 0 Å². The Morgan fingerprint density at radius 3 is 2.04 bits per heavy atom. The third kappa shape index (κ3) is 3.93. The highest BCUT2D eigenvalue weighted by Gasteiger charge is 2.36. The Bertz CT molecular complexity index is 631. The van der Waals surface area contributed by atoms with Crippen molar-refractivity contribution in [3.05, 3.63) is 35.4 Å². The van der Waals surface area contributed by atoms with E-state index in [9.17, 15) is 9.59 Å². The van der Waals surface area contributed by atoms with Crippen LogP contribution in [0, 0.1) is 0 Å². The highest BCUT2D eigenvalue weighted by atomic mass is 16.2. The second-order valence-corrected chi connectivity index (χ2v) is 7.64. The normalized spacial score (nSPS) is 24.3. The van der Waals surface area contributed by atoms with E-state index in [4.69, 9.17) is 0 Å². The SMILES string of the molecule is CCCN(CC)C(=O)c1ccc(C(=O)N(C)C2CC3CCC(C2)N3)cc1. The summed E-state index contributed by atoms with van der Waals surface area (Å²) in [5.41, 5.74) is 1.31. The van der Waals surface area contributed by atoms with Crippen molar-refractivity contribution >= 4 is 11.8 Å². The molecule has 0 spiro atoms. The summed E-state index contributed by atoms with van der Waals surface area (Å²) in [7, 11) is 1.91. The van der Waals surface area contributed by atoms with E-state index >= 15 is 0 Å². The molecule has 2 saturated heterocycles. The third-order valence-electron chi connectivity index (χ3n) is 5.86. The van der Waals surface area contributed by atoms with E-state index in [2.05, 4.69) is 12.2 Å². The van der Waals surface area contributed by atoms with Crippen LogP contribution < -0.4 is 5.32 Å². The Balaban J connectivity index is 1.65. The molecule has 2 bridgehead atoms. The fraction of sp³-hybridized carbons (Fsp3) is 0.619. The van der Waals surface area contributed by atoms with Crippen LogP contribution >= 0.6 is 0 Å². The number of amides is 2. The molecule has 0 radical (unpaired) electrons. The van der Waals surface area contributed by atoms with Gasteiger partial charge in [0.1, 0.15) is 0 Å². The van der Waals surface area contributed by atoms with Crippen LogP contribution in [-0.4, -0.2) is 59.9 Å². The fourth-order valence-corrected chi connectivity index (χ4v) is 4.32. The summed E-state index contributed by atoms with van der Waals surface area (Å²) in [6.45, 7) is 5.53. The Morgan fingerprint density at radius 1 is 1.00 bits per heavy atom. The molecule has 5 heteroatoms. The van der Waals surface area contributed by atoms with Gasteiger partial charge in [0.2, 0.25) is 0 Å². The Morgan fingerprint density at radius 2 is 1.54 bits per heavy atom. The van der Waals surface area contributed by atoms with Gasteiger partial charge in [-0.15, -0.1) is 0 Å². The molecule has 3 rings (SSSR count). The van der Waals surface area contributed by atoms with Crippen LogP contribution in [0.3, 0.4) is 0 Å². The van der Waals surface area contributed by atoms with E-state index in [0.717, 1.165) is 25.8 Å². The molecule has 0 saturated carbocycles. The van der Waals surface area contributed by atoms with Gasteiger partial charge in [0, 0.05) is 49.4 Å². The molecule has 1 N–H and O–H groups in total. The molecule has 5 nitrogen and oxygen atoms in total. The minimum atomic E-state index is 0.0385. The smallest absolute Gasteiger partial charge is 0.253 e. The minimum Gasteiger partial charge on any atom is -0.339 e. The van der Waals surface area contributed by atoms with Gasteiger partial charge in [0.15, 0.2) is 0 Å². The van der Waals surface area contributed by atoms with Crippen LogP contribution in [0.1, 0.15) is 66.7 Å². The first-order valence-electron chi connectivity index (χ1n) is 9.96. The number of nitrogens with zero attached hydrogens (tertiary/aromatic N) is 2. The van der Waals surface area contributed by atoms with Crippen LogP contribution in [0.2, 0.25) is 0 Å². The number of fused-ring (bicyclic) bond motifs is 2. The summed E-state index contributed by atoms with van der Waals surface area (Å²) >= 11 is 0. The van der Waals surface area contributed by atoms with Crippen molar-refractivity contribution in [2.75, 3.05) is 20.1 Å². The second-order valence-electron chi connectivity index (χ2n) is 7.64. The maximum atomic E-state index is 12.9. The molecule has 0 aromatic heterocycles. The van der Waals surface area contributed by atoms with Crippen molar-refractivity contribution in [2.24, 2.45) is 0 Å². The van der Waals surface area contributed by atoms with Crippen LogP contribution in [0.15, 0.2) is 24.3 Å². The highest BCUT2D eigenvalue weighted by Crippen LogP contribution is 2.29. The fourth-order valence-electron chi connectivity index (χ4n) is 4.32. The van der Waals surface area contributed by atoms with Crippen molar-refractivity contribution in [1.82, 2.24) is 15.1 Å². The van der Waals surface area contributed by atoms with Gasteiger partial charge < -0.3 is 15.1 Å². The Kier molecular flexibility index (Phi) is 5.97. The first-order valence-corrected chi connectivity index (χ1v) is 9.96. The van der Waals surface area contributed by atoms with Crippen LogP contribution in [0.25, 0.3) is 0 Å². The lowest BCUT2D eigenvalue weighted by atomic mass is 9.98. The number of nitrogens with one attached hydrogen (secondary N) is 1. The summed E-state index contributed by atoms with van der Waals surface area (Å²) in [5, 5.41) is 3.62. The van der Waals surface area contributed by atoms with Gasteiger partial charge in [0.05, 0.1) is 0 Å². The molecule has 142 valence electrons. The average Bonchev–Trinajstić information content (AvgIpc) is 3.02. The lowest BCUT2D eigenvalue weighted by Crippen LogP contribution is -2.48. The molecule has 2 atom stereocenters. The predicted molar refractivity (Wildman–Crippen MR) is 103 cm³/mol. The zero-order valence-electron chi connectivity index (χ0n) is 16.2. The van der Waals surface area contributed by atoms with Crippen molar-refractivity contribution in [2.45, 2.75) is 64.1 Å². The molecular weight excluding hydrogens is 326 g/mol. The van der Waals surface area contributed by atoms with Gasteiger partial charge in [-0.1, -0.05) is 6.92 Å². The number of hydrogen-bond donors (Lipinski definition) is 1. The van der Waals surface area contributed by atoms with Crippen molar-refractivity contribution in [3.63, 3.8) is 0 Å². The van der Waals surface area contributed by atoms with Crippen LogP contribution in [-0.2, 0) is 0 Å². The first kappa shape index (κ1) is 18.9. The number of rotatable bonds is 6. The van der Waals surface area contributed by atoms with Gasteiger partial charge in [-0.05, 0) is 63.3 Å². The molecule has 2 amide bonds. The number of carbonyl (C=O) groups excluding carboxylic acids is 2. The van der Waals surface area contributed by atoms with Crippen LogP contribution in [0.5, 0.6) is 0 Å². The highest BCUT2D eigenvalue weighted by molar-refractivity contribution is 5.97. The molecule has 2 heterocycles. The maximum absolute atomic E-state index is 12.9. The quantitative estimate of drug-likeness (QED) is 0.852. The molecule has 2 aliphatic rings. The summed E-state index contributed by atoms with van der Waals surface area (Å²) < 4.78 is 0. The second kappa shape index (κ2) is 8.21. The molecule has 0 aliphatic carbocycles. The Hall–Kier alpha value is -1.88. The van der Waals surface area contributed by atoms with E-state index in [0.29, 0.717) is 35.8 Å². The number of hydrogen-bond acceptors (Lipinski definition) is 3. The molecule has 1 aromatic rings. The van der Waals surface area contributed by atoms with E-state index in [-0.39, 0.29) is 11.8 Å². The van der Waals surface area contributed by atoms with Crippen molar-refractivity contribution < 1.29 is 9.59 Å². The third-order valence-corrected chi connectivity index (χ3v) is 5.86. The zero-order chi connectivity index (χ0) is 18.7. The topological polar surface area (TPSA) is 52.7 Å². The molecule has 2 aliphatic heterocycles. The monoisotopic (exact) mass is 357 g/mol. The summed E-state index contributed by atoms with van der Waals surface area (Å²) in [6, 6.07) is 8.59. The molecule has 2 fully saturated rings. The number of benzene rings is 1. The summed E-state index contributed by atoms with van der Waals surface area (Å²) in [5.74, 6) is 0.0906. The van der Waals surface area contributed by atoms with E-state index in [1.807, 2.05) is 23.8 Å². The lowest BCUT2D eigenvalue weighted by molar-refractivity contribution is 0.0680. The largest absolute Gasteiger partial charge is 0.339 e. The van der Waals surface area contributed by atoms with Gasteiger partial charge in [-0.25, -0.2) is 0 Å². The van der Waals surface area contributed by atoms with E-state index in [1.165, 1.54) is 12.8 Å². The van der Waals surface area contributed by atoms with Gasteiger partial charge >= 0.3 is 0 Å².